The maximum absolute atomic E-state index is 12.8. The van der Waals surface area contributed by atoms with E-state index in [4.69, 9.17) is 23.2 Å². The Morgan fingerprint density at radius 2 is 1.83 bits per heavy atom. The van der Waals surface area contributed by atoms with Gasteiger partial charge in [0.25, 0.3) is 0 Å². The van der Waals surface area contributed by atoms with Crippen molar-refractivity contribution in [1.82, 2.24) is 10.6 Å². The highest BCUT2D eigenvalue weighted by Crippen LogP contribution is 2.20. The molecular weight excluding hydrogens is 338 g/mol. The van der Waals surface area contributed by atoms with Crippen molar-refractivity contribution in [3.05, 3.63) is 69.5 Å². The molecule has 2 rings (SSSR count). The molecule has 0 saturated carbocycles. The fraction of sp³-hybridized carbons (Fsp3) is 0.235. The molecule has 2 N–H and O–H groups in total. The topological polar surface area (TPSA) is 41.1 Å². The third-order valence-corrected chi connectivity index (χ3v) is 3.85. The number of hydrogen-bond donors (Lipinski definition) is 2. The first-order valence-corrected chi connectivity index (χ1v) is 7.96. The smallest absolute Gasteiger partial charge is 0.233 e. The van der Waals surface area contributed by atoms with Crippen molar-refractivity contribution >= 4 is 29.1 Å². The molecule has 0 saturated heterocycles. The molecule has 6 heteroatoms. The largest absolute Gasteiger partial charge is 0.355 e. The summed E-state index contributed by atoms with van der Waals surface area (Å²) in [7, 11) is 0. The molecule has 0 spiro atoms. The van der Waals surface area contributed by atoms with Gasteiger partial charge < -0.3 is 10.6 Å². The average molecular weight is 355 g/mol. The first-order valence-electron chi connectivity index (χ1n) is 7.20. The zero-order chi connectivity index (χ0) is 16.7. The second-order valence-corrected chi connectivity index (χ2v) is 5.91. The molecule has 1 amide bonds. The van der Waals surface area contributed by atoms with E-state index in [9.17, 15) is 9.18 Å². The summed E-state index contributed by atoms with van der Waals surface area (Å²) < 4.78 is 12.8. The fourth-order valence-corrected chi connectivity index (χ4v) is 2.55. The Bertz CT molecular complexity index is 662. The van der Waals surface area contributed by atoms with E-state index in [2.05, 4.69) is 10.6 Å². The Labute approximate surface area is 144 Å². The second kappa shape index (κ2) is 8.87. The Morgan fingerprint density at radius 1 is 1.09 bits per heavy atom. The van der Waals surface area contributed by atoms with E-state index < -0.39 is 0 Å². The van der Waals surface area contributed by atoms with E-state index in [0.717, 1.165) is 11.1 Å². The van der Waals surface area contributed by atoms with Crippen LogP contribution in [0.1, 0.15) is 11.1 Å². The molecule has 0 atom stereocenters. The van der Waals surface area contributed by atoms with Crippen molar-refractivity contribution in [2.45, 2.75) is 13.0 Å². The van der Waals surface area contributed by atoms with E-state index in [1.165, 1.54) is 12.1 Å². The van der Waals surface area contributed by atoms with Crippen LogP contribution >= 0.6 is 23.2 Å². The standard InChI is InChI=1S/C17H17Cl2FN2O/c18-14-4-3-13(16(19)9-14)7-8-22-17(23)11-21-10-12-1-5-15(20)6-2-12/h1-6,9,21H,7-8,10-11H2,(H,22,23). The van der Waals surface area contributed by atoms with Crippen LogP contribution in [0.4, 0.5) is 4.39 Å². The highest BCUT2D eigenvalue weighted by atomic mass is 35.5. The van der Waals surface area contributed by atoms with Gasteiger partial charge in [0.15, 0.2) is 0 Å². The van der Waals surface area contributed by atoms with Crippen LogP contribution in [0, 0.1) is 5.82 Å². The summed E-state index contributed by atoms with van der Waals surface area (Å²) in [6, 6.07) is 11.5. The summed E-state index contributed by atoms with van der Waals surface area (Å²) in [5.41, 5.74) is 1.86. The van der Waals surface area contributed by atoms with Crippen LogP contribution in [0.2, 0.25) is 10.0 Å². The number of amides is 1. The summed E-state index contributed by atoms with van der Waals surface area (Å²) >= 11 is 11.9. The molecule has 0 unspecified atom stereocenters. The number of nitrogens with one attached hydrogen (secondary N) is 2. The van der Waals surface area contributed by atoms with Gasteiger partial charge in [-0.15, -0.1) is 0 Å². The molecular formula is C17H17Cl2FN2O. The average Bonchev–Trinajstić information content (AvgIpc) is 2.51. The molecule has 23 heavy (non-hydrogen) atoms. The van der Waals surface area contributed by atoms with Crippen LogP contribution in [0.15, 0.2) is 42.5 Å². The zero-order valence-corrected chi connectivity index (χ0v) is 13.9. The maximum Gasteiger partial charge on any atom is 0.233 e. The molecule has 2 aromatic rings. The third kappa shape index (κ3) is 6.18. The lowest BCUT2D eigenvalue weighted by Gasteiger charge is -2.08. The van der Waals surface area contributed by atoms with Gasteiger partial charge in [0.05, 0.1) is 6.54 Å². The predicted molar refractivity (Wildman–Crippen MR) is 91.3 cm³/mol. The quantitative estimate of drug-likeness (QED) is 0.797. The summed E-state index contributed by atoms with van der Waals surface area (Å²) in [6.45, 7) is 1.21. The molecule has 0 aliphatic carbocycles. The molecule has 0 aromatic heterocycles. The lowest BCUT2D eigenvalue weighted by molar-refractivity contribution is -0.120. The minimum absolute atomic E-state index is 0.0998. The minimum atomic E-state index is -0.271. The molecule has 3 nitrogen and oxygen atoms in total. The number of halogens is 3. The summed E-state index contributed by atoms with van der Waals surface area (Å²) in [5.74, 6) is -0.371. The van der Waals surface area contributed by atoms with Crippen LogP contribution in [-0.4, -0.2) is 19.0 Å². The van der Waals surface area contributed by atoms with Crippen LogP contribution < -0.4 is 10.6 Å². The molecule has 0 heterocycles. The third-order valence-electron chi connectivity index (χ3n) is 3.26. The van der Waals surface area contributed by atoms with Gasteiger partial charge in [0.1, 0.15) is 5.82 Å². The van der Waals surface area contributed by atoms with E-state index in [0.29, 0.717) is 29.6 Å². The first kappa shape index (κ1) is 17.7. The second-order valence-electron chi connectivity index (χ2n) is 5.07. The lowest BCUT2D eigenvalue weighted by Crippen LogP contribution is -2.34. The molecule has 0 aliphatic rings. The summed E-state index contributed by atoms with van der Waals surface area (Å²) in [4.78, 5) is 11.7. The zero-order valence-electron chi connectivity index (χ0n) is 12.4. The SMILES string of the molecule is O=C(CNCc1ccc(F)cc1)NCCc1ccc(Cl)cc1Cl. The highest BCUT2D eigenvalue weighted by molar-refractivity contribution is 6.35. The van der Waals surface area contributed by atoms with Gasteiger partial charge in [-0.3, -0.25) is 4.79 Å². The molecule has 2 aromatic carbocycles. The fourth-order valence-electron chi connectivity index (χ4n) is 2.05. The van der Waals surface area contributed by atoms with Crippen molar-refractivity contribution in [1.29, 1.82) is 0 Å². The van der Waals surface area contributed by atoms with Crippen LogP contribution in [-0.2, 0) is 17.8 Å². The Morgan fingerprint density at radius 3 is 2.52 bits per heavy atom. The van der Waals surface area contributed by atoms with Gasteiger partial charge in [-0.2, -0.15) is 0 Å². The van der Waals surface area contributed by atoms with Gasteiger partial charge in [0.2, 0.25) is 5.91 Å². The van der Waals surface area contributed by atoms with Crippen molar-refractivity contribution in [2.24, 2.45) is 0 Å². The number of carbonyl (C=O) groups is 1. The van der Waals surface area contributed by atoms with Crippen molar-refractivity contribution < 1.29 is 9.18 Å². The predicted octanol–water partition coefficient (Wildman–Crippen LogP) is 3.58. The molecule has 122 valence electrons. The van der Waals surface area contributed by atoms with E-state index in [-0.39, 0.29) is 18.3 Å². The van der Waals surface area contributed by atoms with Crippen LogP contribution in [0.3, 0.4) is 0 Å². The van der Waals surface area contributed by atoms with Gasteiger partial charge in [0, 0.05) is 23.1 Å². The Balaban J connectivity index is 1.66. The number of rotatable bonds is 7. The minimum Gasteiger partial charge on any atom is -0.355 e. The van der Waals surface area contributed by atoms with Crippen molar-refractivity contribution in [2.75, 3.05) is 13.1 Å². The number of hydrogen-bond acceptors (Lipinski definition) is 2. The Hall–Kier alpha value is -1.62. The Kier molecular flexibility index (Phi) is 6.84. The van der Waals surface area contributed by atoms with Crippen molar-refractivity contribution in [3.8, 4) is 0 Å². The van der Waals surface area contributed by atoms with Crippen LogP contribution in [0.25, 0.3) is 0 Å². The lowest BCUT2D eigenvalue weighted by atomic mass is 10.1. The van der Waals surface area contributed by atoms with E-state index in [1.54, 1.807) is 24.3 Å². The van der Waals surface area contributed by atoms with Crippen LogP contribution in [0.5, 0.6) is 0 Å². The monoisotopic (exact) mass is 354 g/mol. The molecule has 0 aliphatic heterocycles. The van der Waals surface area contributed by atoms with Gasteiger partial charge in [-0.25, -0.2) is 4.39 Å². The maximum atomic E-state index is 12.8. The summed E-state index contributed by atoms with van der Waals surface area (Å²) in [5, 5.41) is 7.01. The van der Waals surface area contributed by atoms with E-state index >= 15 is 0 Å². The molecule has 0 radical (unpaired) electrons. The van der Waals surface area contributed by atoms with Gasteiger partial charge >= 0.3 is 0 Å². The van der Waals surface area contributed by atoms with E-state index in [1.807, 2.05) is 6.07 Å². The van der Waals surface area contributed by atoms with Gasteiger partial charge in [-0.1, -0.05) is 41.4 Å². The molecule has 0 fully saturated rings. The van der Waals surface area contributed by atoms with Crippen molar-refractivity contribution in [3.63, 3.8) is 0 Å². The number of carbonyl (C=O) groups excluding carboxylic acids is 1. The summed E-state index contributed by atoms with van der Waals surface area (Å²) in [6.07, 6.45) is 0.639. The highest BCUT2D eigenvalue weighted by Gasteiger charge is 2.04. The number of benzene rings is 2. The molecule has 0 bridgehead atoms. The first-order chi connectivity index (χ1) is 11.0. The normalized spacial score (nSPS) is 10.6. The van der Waals surface area contributed by atoms with Gasteiger partial charge in [-0.05, 0) is 41.8 Å².